The average Bonchev–Trinajstić information content (AvgIpc) is 2.66. The molecule has 174 valence electrons. The highest BCUT2D eigenvalue weighted by atomic mass is 16.5. The van der Waals surface area contributed by atoms with E-state index in [1.807, 2.05) is 45.0 Å². The molecule has 0 saturated carbocycles. The molecule has 1 aromatic carbocycles. The molecular weight excluding hydrogens is 402 g/mol. The van der Waals surface area contributed by atoms with E-state index < -0.39 is 11.9 Å². The molecule has 0 atom stereocenters. The van der Waals surface area contributed by atoms with E-state index in [0.717, 1.165) is 12.3 Å². The Kier molecular flexibility index (Phi) is 13.4. The Labute approximate surface area is 184 Å². The van der Waals surface area contributed by atoms with E-state index in [9.17, 15) is 14.4 Å². The maximum Gasteiger partial charge on any atom is 0.328 e. The van der Waals surface area contributed by atoms with Gasteiger partial charge in [-0.15, -0.1) is 0 Å². The molecule has 9 nitrogen and oxygen atoms in total. The van der Waals surface area contributed by atoms with Gasteiger partial charge >= 0.3 is 18.0 Å². The number of amides is 2. The first-order chi connectivity index (χ1) is 14.4. The highest BCUT2D eigenvalue weighted by Crippen LogP contribution is 2.16. The molecule has 0 bridgehead atoms. The molecule has 0 aliphatic rings. The van der Waals surface area contributed by atoms with Crippen molar-refractivity contribution < 1.29 is 29.3 Å². The highest BCUT2D eigenvalue weighted by Gasteiger charge is 2.16. The molecular formula is C22H35N3O6. The van der Waals surface area contributed by atoms with Crippen LogP contribution in [0.3, 0.4) is 0 Å². The summed E-state index contributed by atoms with van der Waals surface area (Å²) in [6.07, 6.45) is 1.12. The Morgan fingerprint density at radius 2 is 1.61 bits per heavy atom. The van der Waals surface area contributed by atoms with Crippen LogP contribution in [0.5, 0.6) is 5.75 Å². The number of urea groups is 1. The quantitative estimate of drug-likeness (QED) is 0.481. The van der Waals surface area contributed by atoms with Gasteiger partial charge in [0, 0.05) is 31.3 Å². The van der Waals surface area contributed by atoms with Crippen LogP contribution in [0.25, 0.3) is 0 Å². The minimum absolute atomic E-state index is 0.0365. The van der Waals surface area contributed by atoms with Gasteiger partial charge in [0.15, 0.2) is 0 Å². The Morgan fingerprint density at radius 3 is 2.06 bits per heavy atom. The molecule has 31 heavy (non-hydrogen) atoms. The maximum atomic E-state index is 12.2. The standard InChI is InChI=1S/C18H31N3O2.C4H4O4/c1-14(2)21(18(22)19-9-10-20(5)6)11-12-23-17-8-7-15(3)16(4)13-17;5-3(6)1-2-4(7)8/h7-8,13-14H,9-12H2,1-6H3,(H,19,22);1-2H,(H,5,6)(H,7,8)/b;2-1+. The molecule has 0 spiro atoms. The number of hydrogen-bond acceptors (Lipinski definition) is 5. The molecule has 0 aliphatic heterocycles. The van der Waals surface area contributed by atoms with Gasteiger partial charge in [-0.1, -0.05) is 6.07 Å². The zero-order valence-corrected chi connectivity index (χ0v) is 19.2. The van der Waals surface area contributed by atoms with Crippen molar-refractivity contribution in [3.63, 3.8) is 0 Å². The second-order valence-electron chi connectivity index (χ2n) is 7.43. The first-order valence-corrected chi connectivity index (χ1v) is 9.97. The minimum atomic E-state index is -1.26. The summed E-state index contributed by atoms with van der Waals surface area (Å²) in [4.78, 5) is 35.2. The van der Waals surface area contributed by atoms with Crippen LogP contribution in [-0.2, 0) is 9.59 Å². The lowest BCUT2D eigenvalue weighted by Gasteiger charge is -2.27. The first-order valence-electron chi connectivity index (χ1n) is 9.97. The zero-order valence-electron chi connectivity index (χ0n) is 19.2. The number of rotatable bonds is 10. The Hall–Kier alpha value is -3.07. The van der Waals surface area contributed by atoms with Crippen LogP contribution in [0.1, 0.15) is 25.0 Å². The van der Waals surface area contributed by atoms with Gasteiger partial charge in [0.05, 0.1) is 6.54 Å². The van der Waals surface area contributed by atoms with E-state index in [4.69, 9.17) is 14.9 Å². The van der Waals surface area contributed by atoms with E-state index in [0.29, 0.717) is 31.8 Å². The fourth-order valence-corrected chi connectivity index (χ4v) is 2.29. The van der Waals surface area contributed by atoms with Gasteiger partial charge in [-0.05, 0) is 65.0 Å². The molecule has 1 aromatic rings. The number of likely N-dealkylation sites (N-methyl/N-ethyl adjacent to an activating group) is 1. The third-order valence-corrected chi connectivity index (χ3v) is 4.17. The number of aryl methyl sites for hydroxylation is 2. The number of carbonyl (C=O) groups is 3. The third kappa shape index (κ3) is 13.7. The van der Waals surface area contributed by atoms with Crippen LogP contribution in [0.4, 0.5) is 4.79 Å². The Bertz CT molecular complexity index is 731. The molecule has 1 rings (SSSR count). The molecule has 0 heterocycles. The van der Waals surface area contributed by atoms with Gasteiger partial charge in [0.2, 0.25) is 0 Å². The van der Waals surface area contributed by atoms with Crippen molar-refractivity contribution in [3.05, 3.63) is 41.5 Å². The summed E-state index contributed by atoms with van der Waals surface area (Å²) in [6, 6.07) is 6.16. The largest absolute Gasteiger partial charge is 0.492 e. The first kappa shape index (κ1) is 27.9. The van der Waals surface area contributed by atoms with Crippen molar-refractivity contribution in [1.82, 2.24) is 15.1 Å². The summed E-state index contributed by atoms with van der Waals surface area (Å²) in [7, 11) is 3.98. The normalized spacial score (nSPS) is 10.6. The van der Waals surface area contributed by atoms with Crippen LogP contribution < -0.4 is 10.1 Å². The molecule has 9 heteroatoms. The number of benzene rings is 1. The van der Waals surface area contributed by atoms with E-state index in [1.54, 1.807) is 4.90 Å². The Morgan fingerprint density at radius 1 is 1.03 bits per heavy atom. The topological polar surface area (TPSA) is 119 Å². The minimum Gasteiger partial charge on any atom is -0.492 e. The fourth-order valence-electron chi connectivity index (χ4n) is 2.29. The number of carboxylic acid groups (broad SMARTS) is 2. The van der Waals surface area contributed by atoms with Gasteiger partial charge in [-0.3, -0.25) is 0 Å². The van der Waals surface area contributed by atoms with Crippen molar-refractivity contribution in [3.8, 4) is 5.75 Å². The second kappa shape index (κ2) is 14.8. The van der Waals surface area contributed by atoms with E-state index in [2.05, 4.69) is 25.2 Å². The van der Waals surface area contributed by atoms with Gasteiger partial charge in [-0.25, -0.2) is 14.4 Å². The molecule has 3 N–H and O–H groups in total. The van der Waals surface area contributed by atoms with Gasteiger partial charge in [0.1, 0.15) is 12.4 Å². The Balaban J connectivity index is 0.000000954. The summed E-state index contributed by atoms with van der Waals surface area (Å²) < 4.78 is 5.79. The van der Waals surface area contributed by atoms with Crippen LogP contribution in [-0.4, -0.2) is 84.4 Å². The van der Waals surface area contributed by atoms with E-state index in [1.165, 1.54) is 11.1 Å². The molecule has 0 radical (unpaired) electrons. The SMILES string of the molecule is Cc1ccc(OCCN(C(=O)NCCN(C)C)C(C)C)cc1C.O=C(O)/C=C/C(=O)O. The zero-order chi connectivity index (χ0) is 24.0. The van der Waals surface area contributed by atoms with E-state index >= 15 is 0 Å². The molecule has 0 aliphatic carbocycles. The van der Waals surface area contributed by atoms with Crippen LogP contribution in [0, 0.1) is 13.8 Å². The second-order valence-corrected chi connectivity index (χ2v) is 7.43. The van der Waals surface area contributed by atoms with Crippen LogP contribution in [0.15, 0.2) is 30.4 Å². The van der Waals surface area contributed by atoms with E-state index in [-0.39, 0.29) is 12.1 Å². The summed E-state index contributed by atoms with van der Waals surface area (Å²) in [5, 5.41) is 18.6. The fraction of sp³-hybridized carbons (Fsp3) is 0.500. The number of ether oxygens (including phenoxy) is 1. The summed E-state index contributed by atoms with van der Waals surface area (Å²) in [5.74, 6) is -1.66. The third-order valence-electron chi connectivity index (χ3n) is 4.17. The lowest BCUT2D eigenvalue weighted by Crippen LogP contribution is -2.47. The summed E-state index contributed by atoms with van der Waals surface area (Å²) in [5.41, 5.74) is 2.46. The molecule has 0 fully saturated rings. The predicted molar refractivity (Wildman–Crippen MR) is 120 cm³/mol. The lowest BCUT2D eigenvalue weighted by atomic mass is 10.1. The smallest absolute Gasteiger partial charge is 0.328 e. The van der Waals surface area contributed by atoms with Gasteiger partial charge in [-0.2, -0.15) is 0 Å². The van der Waals surface area contributed by atoms with Gasteiger partial charge in [0.25, 0.3) is 0 Å². The maximum absolute atomic E-state index is 12.2. The number of nitrogens with zero attached hydrogens (tertiary/aromatic N) is 2. The van der Waals surface area contributed by atoms with Crippen molar-refractivity contribution in [2.45, 2.75) is 33.7 Å². The molecule has 0 aromatic heterocycles. The summed E-state index contributed by atoms with van der Waals surface area (Å²) in [6.45, 7) is 10.7. The van der Waals surface area contributed by atoms with Crippen molar-refractivity contribution in [2.24, 2.45) is 0 Å². The van der Waals surface area contributed by atoms with Crippen LogP contribution >= 0.6 is 0 Å². The van der Waals surface area contributed by atoms with Crippen molar-refractivity contribution in [2.75, 3.05) is 40.3 Å². The average molecular weight is 438 g/mol. The molecule has 0 saturated heterocycles. The molecule has 2 amide bonds. The lowest BCUT2D eigenvalue weighted by molar-refractivity contribution is -0.134. The number of aliphatic carboxylic acids is 2. The number of carbonyl (C=O) groups excluding carboxylic acids is 1. The highest BCUT2D eigenvalue weighted by molar-refractivity contribution is 5.89. The number of carboxylic acids is 2. The summed E-state index contributed by atoms with van der Waals surface area (Å²) >= 11 is 0. The van der Waals surface area contributed by atoms with Crippen LogP contribution in [0.2, 0.25) is 0 Å². The monoisotopic (exact) mass is 437 g/mol. The number of nitrogens with one attached hydrogen (secondary N) is 1. The predicted octanol–water partition coefficient (Wildman–Crippen LogP) is 2.38. The number of hydrogen-bond donors (Lipinski definition) is 3. The van der Waals surface area contributed by atoms with Crippen molar-refractivity contribution >= 4 is 18.0 Å². The van der Waals surface area contributed by atoms with Gasteiger partial charge < -0.3 is 30.1 Å². The molecule has 0 unspecified atom stereocenters. The van der Waals surface area contributed by atoms with Crippen molar-refractivity contribution in [1.29, 1.82) is 0 Å².